The van der Waals surface area contributed by atoms with Crippen molar-refractivity contribution in [2.45, 2.75) is 31.7 Å². The molecule has 0 radical (unpaired) electrons. The molecule has 1 aliphatic heterocycles. The van der Waals surface area contributed by atoms with E-state index in [0.29, 0.717) is 30.5 Å². The highest BCUT2D eigenvalue weighted by molar-refractivity contribution is 7.89. The molecule has 1 saturated carbocycles. The smallest absolute Gasteiger partial charge is 0.317 e. The number of sulfonamides is 1. The predicted octanol–water partition coefficient (Wildman–Crippen LogP) is 2.03. The van der Waals surface area contributed by atoms with Crippen LogP contribution >= 0.6 is 11.6 Å². The highest BCUT2D eigenvalue weighted by Crippen LogP contribution is 2.28. The van der Waals surface area contributed by atoms with E-state index in [4.69, 9.17) is 11.6 Å². The van der Waals surface area contributed by atoms with Gasteiger partial charge in [0.15, 0.2) is 5.82 Å². The molecule has 34 heavy (non-hydrogen) atoms. The summed E-state index contributed by atoms with van der Waals surface area (Å²) >= 11 is 5.94. The molecule has 13 heteroatoms. The Labute approximate surface area is 201 Å². The number of rotatable bonds is 7. The molecule has 2 aromatic rings. The third kappa shape index (κ3) is 5.68. The van der Waals surface area contributed by atoms with Gasteiger partial charge in [-0.1, -0.05) is 11.6 Å². The van der Waals surface area contributed by atoms with Gasteiger partial charge in [0.2, 0.25) is 10.0 Å². The number of aromatic nitrogens is 2. The summed E-state index contributed by atoms with van der Waals surface area (Å²) < 4.78 is 41.2. The van der Waals surface area contributed by atoms with E-state index in [1.54, 1.807) is 29.0 Å². The Balaban J connectivity index is 1.33. The minimum atomic E-state index is -3.89. The predicted molar refractivity (Wildman–Crippen MR) is 124 cm³/mol. The maximum absolute atomic E-state index is 14.5. The Morgan fingerprint density at radius 1 is 1.26 bits per heavy atom. The van der Waals surface area contributed by atoms with Crippen LogP contribution in [0.3, 0.4) is 0 Å². The van der Waals surface area contributed by atoms with Gasteiger partial charge in [-0.3, -0.25) is 10.2 Å². The third-order valence-corrected chi connectivity index (χ3v) is 7.66. The maximum atomic E-state index is 14.5. The number of amides is 3. The lowest BCUT2D eigenvalue weighted by molar-refractivity contribution is 0.0941. The standard InChI is InChI=1S/C21H26ClFN6O4S/c1-28-10-18(24-12-28)14-8-16(19(23)17(22)9-14)20(30)26-27-34(32,33)11-13-3-4-15(7-13)25-21(31)29-5-2-6-29/h8-10,12-13,15,27H,2-7,11H2,1H3,(H,25,31)(H,26,30). The van der Waals surface area contributed by atoms with Crippen molar-refractivity contribution in [3.05, 3.63) is 41.1 Å². The Hall–Kier alpha value is -2.70. The molecule has 4 rings (SSSR count). The molecule has 2 fully saturated rings. The van der Waals surface area contributed by atoms with Gasteiger partial charge < -0.3 is 14.8 Å². The van der Waals surface area contributed by atoms with Crippen LogP contribution in [0, 0.1) is 11.7 Å². The second-order valence-corrected chi connectivity index (χ2v) is 10.9. The van der Waals surface area contributed by atoms with Crippen molar-refractivity contribution in [2.24, 2.45) is 13.0 Å². The lowest BCUT2D eigenvalue weighted by Crippen LogP contribution is -2.50. The first kappa shape index (κ1) is 24.4. The number of benzene rings is 1. The van der Waals surface area contributed by atoms with E-state index < -0.39 is 27.3 Å². The minimum absolute atomic E-state index is 0.0755. The van der Waals surface area contributed by atoms with Crippen LogP contribution in [0.25, 0.3) is 11.3 Å². The summed E-state index contributed by atoms with van der Waals surface area (Å²) in [5, 5.41) is 2.66. The number of hydrazine groups is 1. The summed E-state index contributed by atoms with van der Waals surface area (Å²) in [7, 11) is -2.13. The molecule has 2 heterocycles. The van der Waals surface area contributed by atoms with Gasteiger partial charge in [-0.15, -0.1) is 4.83 Å². The van der Waals surface area contributed by atoms with Crippen LogP contribution in [0.2, 0.25) is 5.02 Å². The number of urea groups is 1. The summed E-state index contributed by atoms with van der Waals surface area (Å²) in [6, 6.07) is 2.42. The molecule has 0 bridgehead atoms. The van der Waals surface area contributed by atoms with E-state index in [2.05, 4.69) is 15.7 Å². The van der Waals surface area contributed by atoms with Crippen molar-refractivity contribution in [3.63, 3.8) is 0 Å². The van der Waals surface area contributed by atoms with Gasteiger partial charge in [0.25, 0.3) is 5.91 Å². The van der Waals surface area contributed by atoms with Crippen LogP contribution in [0.4, 0.5) is 9.18 Å². The SMILES string of the molecule is Cn1cnc(-c2cc(Cl)c(F)c(C(=O)NNS(=O)(=O)CC3CCC(NC(=O)N4CCC4)C3)c2)c1. The number of imidazole rings is 1. The number of nitrogens with zero attached hydrogens (tertiary/aromatic N) is 3. The first-order valence-electron chi connectivity index (χ1n) is 10.9. The van der Waals surface area contributed by atoms with Gasteiger partial charge in [-0.25, -0.2) is 22.6 Å². The number of aryl methyl sites for hydroxylation is 1. The first-order valence-corrected chi connectivity index (χ1v) is 13.0. The van der Waals surface area contributed by atoms with Crippen LogP contribution in [-0.4, -0.2) is 59.7 Å². The van der Waals surface area contributed by atoms with E-state index >= 15 is 0 Å². The van der Waals surface area contributed by atoms with E-state index in [1.165, 1.54) is 12.1 Å². The van der Waals surface area contributed by atoms with Crippen molar-refractivity contribution >= 4 is 33.6 Å². The van der Waals surface area contributed by atoms with E-state index in [0.717, 1.165) is 19.5 Å². The molecule has 2 unspecified atom stereocenters. The maximum Gasteiger partial charge on any atom is 0.317 e. The number of halogens is 2. The normalized spacial score (nSPS) is 20.1. The fourth-order valence-electron chi connectivity index (χ4n) is 4.15. The van der Waals surface area contributed by atoms with E-state index in [1.807, 2.05) is 4.83 Å². The summed E-state index contributed by atoms with van der Waals surface area (Å²) in [6.07, 6.45) is 6.08. The van der Waals surface area contributed by atoms with Crippen molar-refractivity contribution in [2.75, 3.05) is 18.8 Å². The molecular formula is C21H26ClFN6O4S. The number of hydrogen-bond acceptors (Lipinski definition) is 5. The monoisotopic (exact) mass is 512 g/mol. The van der Waals surface area contributed by atoms with E-state index in [-0.39, 0.29) is 28.8 Å². The lowest BCUT2D eigenvalue weighted by atomic mass is 10.1. The Kier molecular flexibility index (Phi) is 7.10. The van der Waals surface area contributed by atoms with Crippen LogP contribution < -0.4 is 15.6 Å². The molecule has 0 spiro atoms. The molecule has 184 valence electrons. The van der Waals surface area contributed by atoms with Crippen LogP contribution in [-0.2, 0) is 17.1 Å². The fraction of sp³-hybridized carbons (Fsp3) is 0.476. The number of likely N-dealkylation sites (tertiary alicyclic amines) is 1. The Bertz CT molecular complexity index is 1200. The number of carbonyl (C=O) groups excluding carboxylic acids is 2. The van der Waals surface area contributed by atoms with Gasteiger partial charge in [0.05, 0.1) is 28.4 Å². The topological polar surface area (TPSA) is 125 Å². The van der Waals surface area contributed by atoms with Gasteiger partial charge in [-0.2, -0.15) is 0 Å². The average molecular weight is 513 g/mol. The van der Waals surface area contributed by atoms with Gasteiger partial charge in [-0.05, 0) is 43.7 Å². The second kappa shape index (κ2) is 9.88. The van der Waals surface area contributed by atoms with Crippen molar-refractivity contribution in [1.29, 1.82) is 0 Å². The summed E-state index contributed by atoms with van der Waals surface area (Å²) in [4.78, 5) is 32.5. The Morgan fingerprint density at radius 3 is 2.68 bits per heavy atom. The highest BCUT2D eigenvalue weighted by Gasteiger charge is 2.31. The first-order chi connectivity index (χ1) is 16.1. The average Bonchev–Trinajstić information content (AvgIpc) is 3.35. The van der Waals surface area contributed by atoms with Gasteiger partial charge in [0, 0.05) is 37.9 Å². The molecule has 1 aromatic carbocycles. The third-order valence-electron chi connectivity index (χ3n) is 6.06. The molecule has 3 amide bonds. The quantitative estimate of drug-likeness (QED) is 0.489. The molecule has 2 atom stereocenters. The minimum Gasteiger partial charge on any atom is -0.340 e. The summed E-state index contributed by atoms with van der Waals surface area (Å²) in [6.45, 7) is 1.49. The highest BCUT2D eigenvalue weighted by atomic mass is 35.5. The largest absolute Gasteiger partial charge is 0.340 e. The zero-order chi connectivity index (χ0) is 24.5. The molecule has 10 nitrogen and oxygen atoms in total. The number of carbonyl (C=O) groups is 2. The number of nitrogens with one attached hydrogen (secondary N) is 3. The van der Waals surface area contributed by atoms with Crippen molar-refractivity contribution in [1.82, 2.24) is 30.0 Å². The van der Waals surface area contributed by atoms with Crippen molar-refractivity contribution in [3.8, 4) is 11.3 Å². The Morgan fingerprint density at radius 2 is 2.03 bits per heavy atom. The van der Waals surface area contributed by atoms with Crippen LogP contribution in [0.15, 0.2) is 24.7 Å². The second-order valence-electron chi connectivity index (χ2n) is 8.75. The van der Waals surface area contributed by atoms with Crippen LogP contribution in [0.1, 0.15) is 36.0 Å². The zero-order valence-corrected chi connectivity index (χ0v) is 20.1. The lowest BCUT2D eigenvalue weighted by Gasteiger charge is -2.32. The van der Waals surface area contributed by atoms with Gasteiger partial charge >= 0.3 is 6.03 Å². The fourth-order valence-corrected chi connectivity index (χ4v) is 5.62. The molecule has 1 aliphatic carbocycles. The van der Waals surface area contributed by atoms with Crippen molar-refractivity contribution < 1.29 is 22.4 Å². The molecule has 1 saturated heterocycles. The van der Waals surface area contributed by atoms with E-state index in [9.17, 15) is 22.4 Å². The zero-order valence-electron chi connectivity index (χ0n) is 18.6. The summed E-state index contributed by atoms with van der Waals surface area (Å²) in [5.41, 5.74) is 2.55. The molecule has 2 aliphatic rings. The summed E-state index contributed by atoms with van der Waals surface area (Å²) in [5.74, 6) is -2.34. The molecular weight excluding hydrogens is 487 g/mol. The van der Waals surface area contributed by atoms with Gasteiger partial charge in [0.1, 0.15) is 0 Å². The molecule has 1 aromatic heterocycles. The molecule has 3 N–H and O–H groups in total. The number of hydrogen-bond donors (Lipinski definition) is 3. The van der Waals surface area contributed by atoms with Crippen LogP contribution in [0.5, 0.6) is 0 Å².